The van der Waals surface area contributed by atoms with Crippen LogP contribution >= 0.6 is 23.1 Å². The number of aromatic nitrogens is 2. The van der Waals surface area contributed by atoms with Crippen LogP contribution in [0.15, 0.2) is 41.3 Å². The first-order valence-corrected chi connectivity index (χ1v) is 12.9. The Balaban J connectivity index is 1.33. The number of anilines is 3. The van der Waals surface area contributed by atoms with Crippen molar-refractivity contribution in [2.45, 2.75) is 30.7 Å². The number of hydrogen-bond acceptors (Lipinski definition) is 7. The number of hydrogen-bond donors (Lipinski definition) is 1. The number of nitrogens with zero attached hydrogens (tertiary/aromatic N) is 4. The molecule has 3 aromatic rings. The molecule has 3 heterocycles. The van der Waals surface area contributed by atoms with E-state index in [4.69, 9.17) is 11.6 Å². The van der Waals surface area contributed by atoms with E-state index in [0.29, 0.717) is 37.4 Å². The van der Waals surface area contributed by atoms with E-state index in [2.05, 4.69) is 14.1 Å². The minimum absolute atomic E-state index is 0.0624. The highest BCUT2D eigenvalue weighted by atomic mass is 35.5. The van der Waals surface area contributed by atoms with E-state index in [1.165, 1.54) is 18.2 Å². The van der Waals surface area contributed by atoms with Crippen LogP contribution in [0.2, 0.25) is 5.02 Å². The number of halogens is 2. The molecule has 33 heavy (non-hydrogen) atoms. The molecule has 1 N–H and O–H groups in total. The van der Waals surface area contributed by atoms with Gasteiger partial charge in [0.15, 0.2) is 0 Å². The molecule has 12 heteroatoms. The van der Waals surface area contributed by atoms with E-state index in [-0.39, 0.29) is 27.0 Å². The number of benzene rings is 2. The van der Waals surface area contributed by atoms with Gasteiger partial charge in [0.25, 0.3) is 10.0 Å². The number of fused-ring (bicyclic) bond motifs is 1. The molecule has 0 aliphatic carbocycles. The van der Waals surface area contributed by atoms with Crippen LogP contribution in [0.5, 0.6) is 0 Å². The average Bonchev–Trinajstić information content (AvgIpc) is 3.49. The van der Waals surface area contributed by atoms with Crippen LogP contribution in [0, 0.1) is 12.7 Å². The van der Waals surface area contributed by atoms with Crippen molar-refractivity contribution in [2.75, 3.05) is 27.6 Å². The van der Waals surface area contributed by atoms with Gasteiger partial charge in [0, 0.05) is 36.0 Å². The molecule has 1 amide bonds. The van der Waals surface area contributed by atoms with E-state index in [1.807, 2.05) is 4.90 Å². The SMILES string of the molecule is Cc1nsc(NS(=O)(=O)c2ccc(N3CC[C@H](N4CCc5c4ccc(F)c5Cl)C3=O)cc2)n1. The van der Waals surface area contributed by atoms with Gasteiger partial charge in [-0.3, -0.25) is 9.52 Å². The maximum atomic E-state index is 13.8. The lowest BCUT2D eigenvalue weighted by atomic mass is 10.1. The molecule has 0 spiro atoms. The molecule has 0 saturated carbocycles. The van der Waals surface area contributed by atoms with Crippen molar-refractivity contribution < 1.29 is 17.6 Å². The summed E-state index contributed by atoms with van der Waals surface area (Å²) < 4.78 is 45.4. The van der Waals surface area contributed by atoms with Gasteiger partial charge in [-0.2, -0.15) is 4.37 Å². The third-order valence-corrected chi connectivity index (χ3v) is 8.46. The number of nitrogens with one attached hydrogen (secondary N) is 1. The highest BCUT2D eigenvalue weighted by Gasteiger charge is 2.39. The summed E-state index contributed by atoms with van der Waals surface area (Å²) in [7, 11) is -3.82. The summed E-state index contributed by atoms with van der Waals surface area (Å²) in [4.78, 5) is 20.9. The Morgan fingerprint density at radius 2 is 1.94 bits per heavy atom. The normalized spacial score (nSPS) is 18.2. The van der Waals surface area contributed by atoms with Gasteiger partial charge in [0.2, 0.25) is 11.0 Å². The van der Waals surface area contributed by atoms with Crippen LogP contribution in [0.25, 0.3) is 0 Å². The fraction of sp³-hybridized carbons (Fsp3) is 0.286. The lowest BCUT2D eigenvalue weighted by molar-refractivity contribution is -0.118. The summed E-state index contributed by atoms with van der Waals surface area (Å²) in [5.74, 6) is -0.0491. The Morgan fingerprint density at radius 1 is 1.18 bits per heavy atom. The summed E-state index contributed by atoms with van der Waals surface area (Å²) in [6.45, 7) is 2.77. The first kappa shape index (κ1) is 22.1. The first-order valence-electron chi connectivity index (χ1n) is 10.2. The molecule has 8 nitrogen and oxygen atoms in total. The Bertz CT molecular complexity index is 1350. The van der Waals surface area contributed by atoms with Crippen molar-refractivity contribution in [1.29, 1.82) is 0 Å². The topological polar surface area (TPSA) is 95.5 Å². The molecule has 2 aliphatic heterocycles. The average molecular weight is 508 g/mol. The number of amides is 1. The maximum absolute atomic E-state index is 13.8. The van der Waals surface area contributed by atoms with Crippen LogP contribution in [-0.4, -0.2) is 42.8 Å². The van der Waals surface area contributed by atoms with Crippen molar-refractivity contribution in [1.82, 2.24) is 9.36 Å². The second-order valence-corrected chi connectivity index (χ2v) is 10.7. The van der Waals surface area contributed by atoms with E-state index < -0.39 is 15.8 Å². The first-order chi connectivity index (χ1) is 15.7. The smallest absolute Gasteiger partial charge is 0.263 e. The predicted octanol–water partition coefficient (Wildman–Crippen LogP) is 3.61. The number of carbonyl (C=O) groups is 1. The Kier molecular flexibility index (Phi) is 5.50. The standard InChI is InChI=1S/C21H19ClFN5O3S2/c1-12-24-21(32-25-12)26-33(30,31)14-4-2-13(3-5-14)27-11-9-18(20(27)29)28-10-8-15-17(28)7-6-16(23)19(15)22/h2-7,18H,8-11H2,1H3,(H,24,25,26)/t18-/m0/s1. The maximum Gasteiger partial charge on any atom is 0.263 e. The zero-order valence-electron chi connectivity index (χ0n) is 17.5. The zero-order chi connectivity index (χ0) is 23.3. The molecule has 2 aliphatic rings. The summed E-state index contributed by atoms with van der Waals surface area (Å²) in [6.07, 6.45) is 1.19. The van der Waals surface area contributed by atoms with Gasteiger partial charge in [-0.1, -0.05) is 11.6 Å². The van der Waals surface area contributed by atoms with Crippen LogP contribution in [-0.2, 0) is 21.2 Å². The molecule has 2 aromatic carbocycles. The molecular formula is C21H19ClFN5O3S2. The fourth-order valence-corrected chi connectivity index (χ4v) is 6.35. The molecule has 0 bridgehead atoms. The van der Waals surface area contributed by atoms with E-state index in [0.717, 1.165) is 22.8 Å². The number of carbonyl (C=O) groups excluding carboxylic acids is 1. The van der Waals surface area contributed by atoms with Gasteiger partial charge in [-0.25, -0.2) is 17.8 Å². The number of sulfonamides is 1. The van der Waals surface area contributed by atoms with Gasteiger partial charge in [0.1, 0.15) is 17.7 Å². The lowest BCUT2D eigenvalue weighted by Gasteiger charge is -2.26. The van der Waals surface area contributed by atoms with Crippen LogP contribution in [0.4, 0.5) is 20.9 Å². The van der Waals surface area contributed by atoms with Gasteiger partial charge in [0.05, 0.1) is 9.92 Å². The highest BCUT2D eigenvalue weighted by Crippen LogP contribution is 2.38. The molecule has 0 unspecified atom stereocenters. The molecule has 172 valence electrons. The Morgan fingerprint density at radius 3 is 2.64 bits per heavy atom. The minimum Gasteiger partial charge on any atom is -0.359 e. The molecule has 1 saturated heterocycles. The third kappa shape index (κ3) is 3.94. The lowest BCUT2D eigenvalue weighted by Crippen LogP contribution is -2.41. The molecule has 1 fully saturated rings. The van der Waals surface area contributed by atoms with Gasteiger partial charge in [-0.05, 0) is 61.7 Å². The second-order valence-electron chi connectivity index (χ2n) is 7.84. The van der Waals surface area contributed by atoms with E-state index in [9.17, 15) is 17.6 Å². The number of rotatable bonds is 5. The summed E-state index contributed by atoms with van der Waals surface area (Å²) in [5.41, 5.74) is 2.14. The molecule has 1 aromatic heterocycles. The summed E-state index contributed by atoms with van der Waals surface area (Å²) >= 11 is 7.08. The molecule has 1 atom stereocenters. The largest absolute Gasteiger partial charge is 0.359 e. The van der Waals surface area contributed by atoms with Crippen LogP contribution in [0.1, 0.15) is 17.8 Å². The van der Waals surface area contributed by atoms with E-state index >= 15 is 0 Å². The van der Waals surface area contributed by atoms with Gasteiger partial charge >= 0.3 is 0 Å². The van der Waals surface area contributed by atoms with Crippen molar-refractivity contribution in [3.05, 3.63) is 58.6 Å². The highest BCUT2D eigenvalue weighted by molar-refractivity contribution is 7.93. The second kappa shape index (κ2) is 8.23. The predicted molar refractivity (Wildman–Crippen MR) is 125 cm³/mol. The van der Waals surface area contributed by atoms with Crippen LogP contribution < -0.4 is 14.5 Å². The molecular weight excluding hydrogens is 489 g/mol. The monoisotopic (exact) mass is 507 g/mol. The van der Waals surface area contributed by atoms with Gasteiger partial charge < -0.3 is 9.80 Å². The van der Waals surface area contributed by atoms with Gasteiger partial charge in [-0.15, -0.1) is 0 Å². The Hall–Kier alpha value is -2.76. The van der Waals surface area contributed by atoms with Crippen molar-refractivity contribution in [3.8, 4) is 0 Å². The van der Waals surface area contributed by atoms with Crippen molar-refractivity contribution >= 4 is 55.6 Å². The van der Waals surface area contributed by atoms with Crippen molar-refractivity contribution in [3.63, 3.8) is 0 Å². The Labute approximate surface area is 199 Å². The number of aryl methyl sites for hydroxylation is 1. The molecule has 5 rings (SSSR count). The minimum atomic E-state index is -3.82. The zero-order valence-corrected chi connectivity index (χ0v) is 19.8. The fourth-order valence-electron chi connectivity index (χ4n) is 4.29. The summed E-state index contributed by atoms with van der Waals surface area (Å²) in [5, 5.41) is 0.311. The van der Waals surface area contributed by atoms with Crippen LogP contribution in [0.3, 0.4) is 0 Å². The van der Waals surface area contributed by atoms with E-state index in [1.54, 1.807) is 30.0 Å². The van der Waals surface area contributed by atoms with Crippen molar-refractivity contribution in [2.24, 2.45) is 0 Å². The molecule has 0 radical (unpaired) electrons. The quantitative estimate of drug-likeness (QED) is 0.567. The summed E-state index contributed by atoms with van der Waals surface area (Å²) in [6, 6.07) is 8.77. The third-order valence-electron chi connectivity index (χ3n) is 5.84.